The van der Waals surface area contributed by atoms with E-state index in [1.165, 1.54) is 0 Å². The predicted octanol–water partition coefficient (Wildman–Crippen LogP) is 0.734. The van der Waals surface area contributed by atoms with E-state index in [2.05, 4.69) is 4.90 Å². The van der Waals surface area contributed by atoms with Gasteiger partial charge in [0.25, 0.3) is 0 Å². The molecule has 0 saturated carbocycles. The minimum atomic E-state index is -2.81. The molecule has 3 nitrogen and oxygen atoms in total. The lowest BCUT2D eigenvalue weighted by atomic mass is 10.4. The van der Waals surface area contributed by atoms with Crippen molar-refractivity contribution >= 4 is 21.4 Å². The van der Waals surface area contributed by atoms with Crippen LogP contribution in [0, 0.1) is 0 Å². The Balaban J connectivity index is 2.27. The molecule has 1 aliphatic heterocycles. The summed E-state index contributed by atoms with van der Waals surface area (Å²) in [5.74, 6) is 0.512. The second-order valence-electron chi connectivity index (χ2n) is 3.42. The van der Waals surface area contributed by atoms with E-state index < -0.39 is 9.84 Å². The number of alkyl halides is 1. The predicted molar refractivity (Wildman–Crippen MR) is 55.0 cm³/mol. The highest BCUT2D eigenvalue weighted by Gasteiger charge is 2.21. The van der Waals surface area contributed by atoms with E-state index in [0.717, 1.165) is 19.5 Å². The van der Waals surface area contributed by atoms with Gasteiger partial charge in [-0.05, 0) is 13.0 Å². The highest BCUT2D eigenvalue weighted by molar-refractivity contribution is 7.91. The Morgan fingerprint density at radius 1 is 1.54 bits per heavy atom. The smallest absolute Gasteiger partial charge is 0.151 e. The average molecular weight is 226 g/mol. The Kier molecular flexibility index (Phi) is 4.01. The molecule has 5 heteroatoms. The second-order valence-corrected chi connectivity index (χ2v) is 6.51. The molecule has 1 saturated heterocycles. The van der Waals surface area contributed by atoms with E-state index in [0.29, 0.717) is 6.54 Å². The molecule has 0 spiro atoms. The van der Waals surface area contributed by atoms with Gasteiger partial charge in [-0.3, -0.25) is 0 Å². The normalized spacial score (nSPS) is 25.2. The van der Waals surface area contributed by atoms with Crippen molar-refractivity contribution in [2.45, 2.75) is 18.7 Å². The Morgan fingerprint density at radius 3 is 2.69 bits per heavy atom. The zero-order valence-corrected chi connectivity index (χ0v) is 9.44. The lowest BCUT2D eigenvalue weighted by molar-refractivity contribution is 0.359. The molecule has 1 aliphatic rings. The molecule has 1 rings (SSSR count). The molecule has 0 aliphatic carbocycles. The number of hydrogen-bond donors (Lipinski definition) is 0. The van der Waals surface area contributed by atoms with Gasteiger partial charge in [-0.2, -0.15) is 0 Å². The van der Waals surface area contributed by atoms with Crippen LogP contribution in [-0.4, -0.2) is 49.8 Å². The molecular formula is C8H16ClNO2S. The standard InChI is InChI=1S/C8H16ClNO2S/c1-2-13(11,12)6-5-10-4-3-8(9)7-10/h8H,2-7H2,1H3. The maximum atomic E-state index is 11.2. The Labute approximate surface area is 85.0 Å². The van der Waals surface area contributed by atoms with Crippen molar-refractivity contribution in [1.29, 1.82) is 0 Å². The van der Waals surface area contributed by atoms with Crippen LogP contribution in [0.1, 0.15) is 13.3 Å². The molecule has 0 radical (unpaired) electrons. The summed E-state index contributed by atoms with van der Waals surface area (Å²) < 4.78 is 22.4. The van der Waals surface area contributed by atoms with E-state index >= 15 is 0 Å². The monoisotopic (exact) mass is 225 g/mol. The number of sulfone groups is 1. The van der Waals surface area contributed by atoms with Crippen LogP contribution < -0.4 is 0 Å². The molecule has 1 unspecified atom stereocenters. The van der Waals surface area contributed by atoms with Gasteiger partial charge in [0.1, 0.15) is 0 Å². The number of hydrogen-bond acceptors (Lipinski definition) is 3. The van der Waals surface area contributed by atoms with Crippen LogP contribution in [0.2, 0.25) is 0 Å². The first kappa shape index (κ1) is 11.3. The van der Waals surface area contributed by atoms with Gasteiger partial charge < -0.3 is 4.90 Å². The average Bonchev–Trinajstić information content (AvgIpc) is 2.48. The fourth-order valence-electron chi connectivity index (χ4n) is 1.40. The summed E-state index contributed by atoms with van der Waals surface area (Å²) in [4.78, 5) is 2.12. The fraction of sp³-hybridized carbons (Fsp3) is 1.00. The number of nitrogens with zero attached hydrogens (tertiary/aromatic N) is 1. The molecule has 0 N–H and O–H groups in total. The Bertz CT molecular complexity index is 253. The molecule has 1 heterocycles. The van der Waals surface area contributed by atoms with Gasteiger partial charge >= 0.3 is 0 Å². The third kappa shape index (κ3) is 3.83. The third-order valence-electron chi connectivity index (χ3n) is 2.37. The first-order valence-corrected chi connectivity index (χ1v) is 6.86. The number of halogens is 1. The van der Waals surface area contributed by atoms with Crippen LogP contribution in [0.15, 0.2) is 0 Å². The van der Waals surface area contributed by atoms with E-state index in [4.69, 9.17) is 11.6 Å². The molecule has 0 bridgehead atoms. The van der Waals surface area contributed by atoms with Crippen molar-refractivity contribution in [3.8, 4) is 0 Å². The first-order chi connectivity index (χ1) is 6.03. The van der Waals surface area contributed by atoms with E-state index in [1.54, 1.807) is 6.92 Å². The van der Waals surface area contributed by atoms with Gasteiger partial charge in [0, 0.05) is 24.2 Å². The summed E-state index contributed by atoms with van der Waals surface area (Å²) in [6, 6.07) is 0. The molecule has 13 heavy (non-hydrogen) atoms. The molecule has 78 valence electrons. The molecule has 0 amide bonds. The highest BCUT2D eigenvalue weighted by Crippen LogP contribution is 2.14. The molecule has 0 aromatic heterocycles. The summed E-state index contributed by atoms with van der Waals surface area (Å²) >= 11 is 5.90. The van der Waals surface area contributed by atoms with Crippen LogP contribution >= 0.6 is 11.6 Å². The zero-order valence-electron chi connectivity index (χ0n) is 7.87. The maximum absolute atomic E-state index is 11.2. The largest absolute Gasteiger partial charge is 0.301 e. The Morgan fingerprint density at radius 2 is 2.23 bits per heavy atom. The van der Waals surface area contributed by atoms with Crippen molar-refractivity contribution < 1.29 is 8.42 Å². The maximum Gasteiger partial charge on any atom is 0.151 e. The van der Waals surface area contributed by atoms with Gasteiger partial charge in [-0.25, -0.2) is 8.42 Å². The summed E-state index contributed by atoms with van der Waals surface area (Å²) in [5, 5.41) is 0.212. The minimum Gasteiger partial charge on any atom is -0.301 e. The summed E-state index contributed by atoms with van der Waals surface area (Å²) in [7, 11) is -2.81. The van der Waals surface area contributed by atoms with Crippen molar-refractivity contribution in [2.75, 3.05) is 31.1 Å². The van der Waals surface area contributed by atoms with Gasteiger partial charge in [0.05, 0.1) is 5.75 Å². The van der Waals surface area contributed by atoms with Gasteiger partial charge in [-0.15, -0.1) is 11.6 Å². The number of likely N-dealkylation sites (tertiary alicyclic amines) is 1. The molecular weight excluding hydrogens is 210 g/mol. The van der Waals surface area contributed by atoms with Crippen LogP contribution in [0.4, 0.5) is 0 Å². The quantitative estimate of drug-likeness (QED) is 0.663. The summed E-state index contributed by atoms with van der Waals surface area (Å²) in [5.41, 5.74) is 0. The van der Waals surface area contributed by atoms with E-state index in [9.17, 15) is 8.42 Å². The fourth-order valence-corrected chi connectivity index (χ4v) is 2.52. The highest BCUT2D eigenvalue weighted by atomic mass is 35.5. The van der Waals surface area contributed by atoms with Crippen LogP contribution in [0.25, 0.3) is 0 Å². The topological polar surface area (TPSA) is 37.4 Å². The molecule has 1 atom stereocenters. The van der Waals surface area contributed by atoms with E-state index in [-0.39, 0.29) is 16.9 Å². The number of rotatable bonds is 4. The van der Waals surface area contributed by atoms with Gasteiger partial charge in [0.15, 0.2) is 9.84 Å². The molecule has 0 aromatic rings. The van der Waals surface area contributed by atoms with E-state index in [1.807, 2.05) is 0 Å². The summed E-state index contributed by atoms with van der Waals surface area (Å²) in [6.45, 7) is 4.09. The van der Waals surface area contributed by atoms with Crippen molar-refractivity contribution in [3.63, 3.8) is 0 Å². The zero-order chi connectivity index (χ0) is 9.90. The van der Waals surface area contributed by atoms with Crippen LogP contribution in [-0.2, 0) is 9.84 Å². The lowest BCUT2D eigenvalue weighted by Gasteiger charge is -2.13. The van der Waals surface area contributed by atoms with Crippen molar-refractivity contribution in [1.82, 2.24) is 4.90 Å². The lowest BCUT2D eigenvalue weighted by Crippen LogP contribution is -2.28. The summed E-state index contributed by atoms with van der Waals surface area (Å²) in [6.07, 6.45) is 0.980. The Hall–Kier alpha value is 0.200. The third-order valence-corrected chi connectivity index (χ3v) is 4.41. The molecule has 1 fully saturated rings. The van der Waals surface area contributed by atoms with Crippen molar-refractivity contribution in [2.24, 2.45) is 0 Å². The van der Waals surface area contributed by atoms with Crippen molar-refractivity contribution in [3.05, 3.63) is 0 Å². The molecule has 0 aromatic carbocycles. The SMILES string of the molecule is CCS(=O)(=O)CCN1CCC(Cl)C1. The van der Waals surface area contributed by atoms with Crippen LogP contribution in [0.5, 0.6) is 0 Å². The van der Waals surface area contributed by atoms with Gasteiger partial charge in [-0.1, -0.05) is 6.92 Å². The van der Waals surface area contributed by atoms with Crippen LogP contribution in [0.3, 0.4) is 0 Å². The first-order valence-electron chi connectivity index (χ1n) is 4.60. The van der Waals surface area contributed by atoms with Gasteiger partial charge in [0.2, 0.25) is 0 Å². The second kappa shape index (κ2) is 4.62. The minimum absolute atomic E-state index is 0.212.